The van der Waals surface area contributed by atoms with E-state index in [1.807, 2.05) is 0 Å². The lowest BCUT2D eigenvalue weighted by Gasteiger charge is -2.06. The summed E-state index contributed by atoms with van der Waals surface area (Å²) in [6.45, 7) is 1.61. The number of hydrogen-bond acceptors (Lipinski definition) is 2. The molecule has 0 amide bonds. The van der Waals surface area contributed by atoms with Gasteiger partial charge in [0.2, 0.25) is 0 Å². The van der Waals surface area contributed by atoms with E-state index in [4.69, 9.17) is 10.2 Å². The smallest absolute Gasteiger partial charge is 0.416 e. The second-order valence-corrected chi connectivity index (χ2v) is 5.53. The van der Waals surface area contributed by atoms with Crippen LogP contribution in [0.3, 0.4) is 0 Å². The molecule has 2 N–H and O–H groups in total. The molecule has 0 radical (unpaired) electrons. The number of rotatable bonds is 2. The maximum absolute atomic E-state index is 12.1. The van der Waals surface area contributed by atoms with Crippen LogP contribution in [0, 0.1) is 12.7 Å². The first-order valence-corrected chi connectivity index (χ1v) is 7.33. The number of aromatic carboxylic acids is 2. The van der Waals surface area contributed by atoms with Crippen molar-refractivity contribution in [3.8, 4) is 0 Å². The molecule has 0 saturated carbocycles. The van der Waals surface area contributed by atoms with E-state index in [2.05, 4.69) is 15.9 Å². The molecule has 0 aliphatic carbocycles. The van der Waals surface area contributed by atoms with Crippen LogP contribution in [0.1, 0.15) is 31.8 Å². The third-order valence-electron chi connectivity index (χ3n) is 2.97. The Morgan fingerprint density at radius 2 is 1.48 bits per heavy atom. The normalized spacial score (nSPS) is 10.6. The van der Waals surface area contributed by atoms with Crippen molar-refractivity contribution in [2.45, 2.75) is 13.1 Å². The van der Waals surface area contributed by atoms with E-state index in [-0.39, 0.29) is 15.6 Å². The molecule has 25 heavy (non-hydrogen) atoms. The fourth-order valence-electron chi connectivity index (χ4n) is 1.74. The second-order valence-electron chi connectivity index (χ2n) is 4.73. The molecule has 4 nitrogen and oxygen atoms in total. The van der Waals surface area contributed by atoms with Gasteiger partial charge in [-0.15, -0.1) is 0 Å². The standard InChI is InChI=1S/C9H7BrO4.C7H4F4/c1-4-2-3-5(8(11)12)7(10)6(4)9(13)14;8-6-3-1-5(2-4-6)7(9,10)11/h2-3H,1H3,(H,11,12)(H,13,14);1-4H. The zero-order chi connectivity index (χ0) is 19.4. The summed E-state index contributed by atoms with van der Waals surface area (Å²) >= 11 is 2.97. The largest absolute Gasteiger partial charge is 0.478 e. The Morgan fingerprint density at radius 1 is 0.960 bits per heavy atom. The van der Waals surface area contributed by atoms with Crippen molar-refractivity contribution in [3.05, 3.63) is 68.9 Å². The quantitative estimate of drug-likeness (QED) is 0.667. The second kappa shape index (κ2) is 8.11. The number of aryl methyl sites for hydroxylation is 1. The van der Waals surface area contributed by atoms with Crippen LogP contribution in [0.15, 0.2) is 40.9 Å². The van der Waals surface area contributed by atoms with Gasteiger partial charge in [-0.05, 0) is 58.7 Å². The van der Waals surface area contributed by atoms with Crippen LogP contribution in [0.4, 0.5) is 17.6 Å². The van der Waals surface area contributed by atoms with Crippen LogP contribution in [0.2, 0.25) is 0 Å². The van der Waals surface area contributed by atoms with Crippen molar-refractivity contribution in [3.63, 3.8) is 0 Å². The maximum Gasteiger partial charge on any atom is 0.416 e. The fourth-order valence-corrected chi connectivity index (χ4v) is 2.52. The van der Waals surface area contributed by atoms with E-state index in [1.165, 1.54) is 12.1 Å². The summed E-state index contributed by atoms with van der Waals surface area (Å²) in [6, 6.07) is 5.81. The highest BCUT2D eigenvalue weighted by molar-refractivity contribution is 9.10. The summed E-state index contributed by atoms with van der Waals surface area (Å²) in [6.07, 6.45) is -4.38. The van der Waals surface area contributed by atoms with Gasteiger partial charge in [0.1, 0.15) is 5.82 Å². The molecule has 0 unspecified atom stereocenters. The first-order chi connectivity index (χ1) is 11.4. The SMILES string of the molecule is Cc1ccc(C(=O)O)c(Br)c1C(=O)O.Fc1ccc(C(F)(F)F)cc1. The molecule has 134 valence electrons. The van der Waals surface area contributed by atoms with Gasteiger partial charge in [0, 0.05) is 4.47 Å². The number of carbonyl (C=O) groups is 2. The summed E-state index contributed by atoms with van der Waals surface area (Å²) in [5.41, 5.74) is -0.369. The van der Waals surface area contributed by atoms with Crippen molar-refractivity contribution in [2.75, 3.05) is 0 Å². The zero-order valence-corrected chi connectivity index (χ0v) is 14.2. The van der Waals surface area contributed by atoms with Crippen LogP contribution in [0.5, 0.6) is 0 Å². The molecule has 0 aliphatic rings. The van der Waals surface area contributed by atoms with Crippen LogP contribution < -0.4 is 0 Å². The Bertz CT molecular complexity index is 786. The average Bonchev–Trinajstić information content (AvgIpc) is 2.46. The molecule has 2 aromatic rings. The molecular weight excluding hydrogens is 412 g/mol. The predicted octanol–water partition coefficient (Wildman–Crippen LogP) is 5.00. The van der Waals surface area contributed by atoms with Crippen LogP contribution in [-0.2, 0) is 6.18 Å². The molecule has 9 heteroatoms. The molecule has 0 aromatic heterocycles. The average molecular weight is 423 g/mol. The Labute approximate surface area is 147 Å². The van der Waals surface area contributed by atoms with E-state index in [1.54, 1.807) is 6.92 Å². The minimum absolute atomic E-state index is 0.00935. The number of alkyl halides is 3. The van der Waals surface area contributed by atoms with E-state index >= 15 is 0 Å². The van der Waals surface area contributed by atoms with Crippen molar-refractivity contribution in [1.29, 1.82) is 0 Å². The Balaban J connectivity index is 0.000000257. The van der Waals surface area contributed by atoms with Gasteiger partial charge in [0.05, 0.1) is 16.7 Å². The van der Waals surface area contributed by atoms with Crippen LogP contribution in [-0.4, -0.2) is 22.2 Å². The lowest BCUT2D eigenvalue weighted by molar-refractivity contribution is -0.137. The van der Waals surface area contributed by atoms with Gasteiger partial charge < -0.3 is 10.2 Å². The highest BCUT2D eigenvalue weighted by Gasteiger charge is 2.29. The zero-order valence-electron chi connectivity index (χ0n) is 12.6. The summed E-state index contributed by atoms with van der Waals surface area (Å²) < 4.78 is 47.6. The van der Waals surface area contributed by atoms with Crippen molar-refractivity contribution in [2.24, 2.45) is 0 Å². The molecule has 2 aromatic carbocycles. The number of benzene rings is 2. The number of hydrogen-bond donors (Lipinski definition) is 2. The van der Waals surface area contributed by atoms with Gasteiger partial charge in [-0.3, -0.25) is 0 Å². The van der Waals surface area contributed by atoms with Gasteiger partial charge in [0.15, 0.2) is 0 Å². The van der Waals surface area contributed by atoms with E-state index < -0.39 is 29.5 Å². The molecular formula is C16H11BrF4O4. The predicted molar refractivity (Wildman–Crippen MR) is 84.2 cm³/mol. The molecule has 0 saturated heterocycles. The van der Waals surface area contributed by atoms with E-state index in [9.17, 15) is 27.2 Å². The van der Waals surface area contributed by atoms with Crippen LogP contribution >= 0.6 is 15.9 Å². The Kier molecular flexibility index (Phi) is 6.69. The Hall–Kier alpha value is -2.42. The number of carboxylic acids is 2. The fraction of sp³-hybridized carbons (Fsp3) is 0.125. The number of halogens is 5. The molecule has 0 aliphatic heterocycles. The summed E-state index contributed by atoms with van der Waals surface area (Å²) in [7, 11) is 0. The molecule has 0 atom stereocenters. The molecule has 2 rings (SSSR count). The topological polar surface area (TPSA) is 74.6 Å². The van der Waals surface area contributed by atoms with Crippen LogP contribution in [0.25, 0.3) is 0 Å². The van der Waals surface area contributed by atoms with Crippen molar-refractivity contribution >= 4 is 27.9 Å². The van der Waals surface area contributed by atoms with Gasteiger partial charge in [-0.2, -0.15) is 13.2 Å². The van der Waals surface area contributed by atoms with Gasteiger partial charge in [-0.1, -0.05) is 6.07 Å². The first kappa shape index (κ1) is 20.6. The first-order valence-electron chi connectivity index (χ1n) is 6.53. The lowest BCUT2D eigenvalue weighted by Crippen LogP contribution is -2.06. The minimum Gasteiger partial charge on any atom is -0.478 e. The third kappa shape index (κ3) is 5.56. The minimum atomic E-state index is -4.38. The summed E-state index contributed by atoms with van der Waals surface area (Å²) in [4.78, 5) is 21.5. The molecule has 0 bridgehead atoms. The number of carboxylic acid groups (broad SMARTS) is 2. The molecule has 0 fully saturated rings. The highest BCUT2D eigenvalue weighted by atomic mass is 79.9. The summed E-state index contributed by atoms with van der Waals surface area (Å²) in [5, 5.41) is 17.6. The van der Waals surface area contributed by atoms with E-state index in [0.29, 0.717) is 17.7 Å². The van der Waals surface area contributed by atoms with Crippen molar-refractivity contribution < 1.29 is 37.4 Å². The highest BCUT2D eigenvalue weighted by Crippen LogP contribution is 2.28. The van der Waals surface area contributed by atoms with Gasteiger partial charge in [-0.25, -0.2) is 14.0 Å². The van der Waals surface area contributed by atoms with E-state index in [0.717, 1.165) is 12.1 Å². The molecule has 0 heterocycles. The maximum atomic E-state index is 12.1. The monoisotopic (exact) mass is 422 g/mol. The summed E-state index contributed by atoms with van der Waals surface area (Å²) in [5.74, 6) is -2.96. The molecule has 0 spiro atoms. The Morgan fingerprint density at radius 3 is 1.88 bits per heavy atom. The van der Waals surface area contributed by atoms with Crippen molar-refractivity contribution in [1.82, 2.24) is 0 Å². The lowest BCUT2D eigenvalue weighted by atomic mass is 10.1. The third-order valence-corrected chi connectivity index (χ3v) is 3.79. The van der Waals surface area contributed by atoms with Gasteiger partial charge >= 0.3 is 18.1 Å². The van der Waals surface area contributed by atoms with Gasteiger partial charge in [0.25, 0.3) is 0 Å².